The summed E-state index contributed by atoms with van der Waals surface area (Å²) in [6, 6.07) is 10.2. The van der Waals surface area contributed by atoms with E-state index in [4.69, 9.17) is 14.9 Å². The molecule has 0 unspecified atom stereocenters. The summed E-state index contributed by atoms with van der Waals surface area (Å²) in [5.41, 5.74) is 0.994. The quantitative estimate of drug-likeness (QED) is 0.795. The maximum Gasteiger partial charge on any atom is 0.339 e. The van der Waals surface area contributed by atoms with E-state index in [-0.39, 0.29) is 29.0 Å². The Morgan fingerprint density at radius 1 is 1.00 bits per heavy atom. The Bertz CT molecular complexity index is 718. The molecule has 0 aliphatic heterocycles. The topological polar surface area (TPSA) is 101 Å². The van der Waals surface area contributed by atoms with E-state index in [0.717, 1.165) is 0 Å². The van der Waals surface area contributed by atoms with Crippen LogP contribution in [0.2, 0.25) is 0 Å². The molecule has 22 heavy (non-hydrogen) atoms. The van der Waals surface area contributed by atoms with Gasteiger partial charge in [-0.3, -0.25) is 4.79 Å². The van der Waals surface area contributed by atoms with Crippen molar-refractivity contribution in [3.05, 3.63) is 64.7 Å². The third-order valence-corrected chi connectivity index (χ3v) is 2.97. The summed E-state index contributed by atoms with van der Waals surface area (Å²) >= 11 is 0. The van der Waals surface area contributed by atoms with Crippen molar-refractivity contribution in [1.29, 1.82) is 0 Å². The molecule has 6 heteroatoms. The summed E-state index contributed by atoms with van der Waals surface area (Å²) in [4.78, 5) is 32.6. The Kier molecular flexibility index (Phi) is 4.53. The van der Waals surface area contributed by atoms with Crippen LogP contribution >= 0.6 is 0 Å². The second kappa shape index (κ2) is 6.53. The lowest BCUT2D eigenvalue weighted by Crippen LogP contribution is -2.04. The summed E-state index contributed by atoms with van der Waals surface area (Å²) in [5.74, 6) is -2.08. The van der Waals surface area contributed by atoms with Crippen molar-refractivity contribution in [1.82, 2.24) is 0 Å². The highest BCUT2D eigenvalue weighted by atomic mass is 16.5. The summed E-state index contributed by atoms with van der Waals surface area (Å²) in [6.45, 7) is 0.0839. The van der Waals surface area contributed by atoms with Crippen molar-refractivity contribution >= 4 is 18.2 Å². The molecule has 0 heterocycles. The number of carboxylic acids is 2. The first-order valence-electron chi connectivity index (χ1n) is 6.29. The number of carbonyl (C=O) groups is 3. The van der Waals surface area contributed by atoms with Gasteiger partial charge in [0.05, 0.1) is 5.56 Å². The highest BCUT2D eigenvalue weighted by molar-refractivity contribution is 5.93. The molecule has 0 saturated heterocycles. The van der Waals surface area contributed by atoms with Gasteiger partial charge in [-0.1, -0.05) is 12.1 Å². The van der Waals surface area contributed by atoms with Gasteiger partial charge in [0.1, 0.15) is 24.2 Å². The number of rotatable bonds is 6. The lowest BCUT2D eigenvalue weighted by molar-refractivity contribution is 0.0682. The van der Waals surface area contributed by atoms with Gasteiger partial charge in [-0.15, -0.1) is 0 Å². The number of aldehydes is 1. The standard InChI is InChI=1S/C16H12O6/c17-8-11-3-6-14(13(7-11)16(20)21)22-9-10-1-4-12(5-2-10)15(18)19/h1-8H,9H2,(H,18,19)(H,20,21). The van der Waals surface area contributed by atoms with Crippen molar-refractivity contribution in [2.24, 2.45) is 0 Å². The van der Waals surface area contributed by atoms with Gasteiger partial charge in [-0.25, -0.2) is 9.59 Å². The van der Waals surface area contributed by atoms with Crippen LogP contribution in [-0.2, 0) is 6.61 Å². The first kappa shape index (κ1) is 15.2. The van der Waals surface area contributed by atoms with Crippen molar-refractivity contribution in [3.8, 4) is 5.75 Å². The van der Waals surface area contributed by atoms with E-state index >= 15 is 0 Å². The number of aromatic carboxylic acids is 2. The van der Waals surface area contributed by atoms with Crippen LogP contribution < -0.4 is 4.74 Å². The van der Waals surface area contributed by atoms with Gasteiger partial charge in [0, 0.05) is 5.56 Å². The normalized spacial score (nSPS) is 10.0. The molecule has 0 fully saturated rings. The molecule has 0 amide bonds. The Morgan fingerprint density at radius 2 is 1.68 bits per heavy atom. The smallest absolute Gasteiger partial charge is 0.339 e. The molecule has 2 aromatic rings. The van der Waals surface area contributed by atoms with Crippen molar-refractivity contribution in [3.63, 3.8) is 0 Å². The first-order chi connectivity index (χ1) is 10.5. The van der Waals surface area contributed by atoms with Crippen molar-refractivity contribution in [2.75, 3.05) is 0 Å². The molecule has 0 aliphatic carbocycles. The highest BCUT2D eigenvalue weighted by Crippen LogP contribution is 2.21. The Morgan fingerprint density at radius 3 is 2.23 bits per heavy atom. The van der Waals surface area contributed by atoms with Gasteiger partial charge in [-0.2, -0.15) is 0 Å². The van der Waals surface area contributed by atoms with Crippen LogP contribution in [0.3, 0.4) is 0 Å². The molecule has 0 bridgehead atoms. The minimum Gasteiger partial charge on any atom is -0.488 e. The van der Waals surface area contributed by atoms with E-state index in [2.05, 4.69) is 0 Å². The molecule has 0 radical (unpaired) electrons. The Hall–Kier alpha value is -3.15. The van der Waals surface area contributed by atoms with E-state index in [1.165, 1.54) is 30.3 Å². The van der Waals surface area contributed by atoms with Crippen LogP contribution in [0.4, 0.5) is 0 Å². The molecule has 6 nitrogen and oxygen atoms in total. The minimum absolute atomic E-state index is 0.0839. The zero-order valence-corrected chi connectivity index (χ0v) is 11.4. The fraction of sp³-hybridized carbons (Fsp3) is 0.0625. The predicted molar refractivity (Wildman–Crippen MR) is 76.5 cm³/mol. The maximum absolute atomic E-state index is 11.2. The van der Waals surface area contributed by atoms with Crippen molar-refractivity contribution in [2.45, 2.75) is 6.61 Å². The zero-order valence-electron chi connectivity index (χ0n) is 11.4. The van der Waals surface area contributed by atoms with E-state index in [0.29, 0.717) is 11.8 Å². The molecule has 0 aromatic heterocycles. The van der Waals surface area contributed by atoms with Crippen LogP contribution in [0.5, 0.6) is 5.75 Å². The van der Waals surface area contributed by atoms with Crippen LogP contribution in [0.1, 0.15) is 36.6 Å². The molecule has 112 valence electrons. The second-order valence-corrected chi connectivity index (χ2v) is 4.47. The van der Waals surface area contributed by atoms with E-state index < -0.39 is 11.9 Å². The van der Waals surface area contributed by atoms with Gasteiger partial charge in [-0.05, 0) is 35.9 Å². The summed E-state index contributed by atoms with van der Waals surface area (Å²) in [7, 11) is 0. The summed E-state index contributed by atoms with van der Waals surface area (Å²) in [6.07, 6.45) is 0.556. The van der Waals surface area contributed by atoms with Gasteiger partial charge >= 0.3 is 11.9 Å². The van der Waals surface area contributed by atoms with Gasteiger partial charge in [0.15, 0.2) is 0 Å². The van der Waals surface area contributed by atoms with Crippen LogP contribution in [-0.4, -0.2) is 28.4 Å². The Labute approximate surface area is 125 Å². The van der Waals surface area contributed by atoms with Gasteiger partial charge < -0.3 is 14.9 Å². The molecule has 2 N–H and O–H groups in total. The largest absolute Gasteiger partial charge is 0.488 e. The maximum atomic E-state index is 11.2. The molecular formula is C16H12O6. The lowest BCUT2D eigenvalue weighted by Gasteiger charge is -2.10. The third-order valence-electron chi connectivity index (χ3n) is 2.97. The van der Waals surface area contributed by atoms with Crippen molar-refractivity contribution < 1.29 is 29.3 Å². The summed E-state index contributed by atoms with van der Waals surface area (Å²) in [5, 5.41) is 17.9. The lowest BCUT2D eigenvalue weighted by atomic mass is 10.1. The molecule has 2 aromatic carbocycles. The molecule has 0 aliphatic rings. The highest BCUT2D eigenvalue weighted by Gasteiger charge is 2.12. The van der Waals surface area contributed by atoms with Crippen LogP contribution in [0.15, 0.2) is 42.5 Å². The number of carbonyl (C=O) groups excluding carboxylic acids is 1. The predicted octanol–water partition coefficient (Wildman–Crippen LogP) is 2.47. The molecule has 0 spiro atoms. The summed E-state index contributed by atoms with van der Waals surface area (Å²) < 4.78 is 5.44. The first-order valence-corrected chi connectivity index (χ1v) is 6.29. The minimum atomic E-state index is -1.19. The fourth-order valence-electron chi connectivity index (χ4n) is 1.82. The number of hydrogen-bond acceptors (Lipinski definition) is 4. The van der Waals surface area contributed by atoms with Gasteiger partial charge in [0.25, 0.3) is 0 Å². The number of hydrogen-bond donors (Lipinski definition) is 2. The second-order valence-electron chi connectivity index (χ2n) is 4.47. The average molecular weight is 300 g/mol. The van der Waals surface area contributed by atoms with E-state index in [9.17, 15) is 14.4 Å². The Balaban J connectivity index is 2.15. The fourth-order valence-corrected chi connectivity index (χ4v) is 1.82. The molecule has 0 saturated carbocycles. The zero-order chi connectivity index (χ0) is 16.1. The monoisotopic (exact) mass is 300 g/mol. The molecular weight excluding hydrogens is 288 g/mol. The van der Waals surface area contributed by atoms with Gasteiger partial charge in [0.2, 0.25) is 0 Å². The van der Waals surface area contributed by atoms with Crippen LogP contribution in [0.25, 0.3) is 0 Å². The number of benzene rings is 2. The third kappa shape index (κ3) is 3.49. The number of carboxylic acid groups (broad SMARTS) is 2. The van der Waals surface area contributed by atoms with E-state index in [1.807, 2.05) is 0 Å². The average Bonchev–Trinajstić information content (AvgIpc) is 2.53. The SMILES string of the molecule is O=Cc1ccc(OCc2ccc(C(=O)O)cc2)c(C(=O)O)c1. The van der Waals surface area contributed by atoms with Crippen LogP contribution in [0, 0.1) is 0 Å². The number of ether oxygens (including phenoxy) is 1. The molecule has 2 rings (SSSR count). The van der Waals surface area contributed by atoms with E-state index in [1.54, 1.807) is 12.1 Å². The molecule has 0 atom stereocenters.